The Labute approximate surface area is 102 Å². The summed E-state index contributed by atoms with van der Waals surface area (Å²) in [6.45, 7) is 7.25. The van der Waals surface area contributed by atoms with E-state index in [1.807, 2.05) is 26.0 Å². The van der Waals surface area contributed by atoms with Crippen molar-refractivity contribution in [2.24, 2.45) is 0 Å². The Morgan fingerprint density at radius 3 is 2.65 bits per heavy atom. The van der Waals surface area contributed by atoms with Gasteiger partial charge in [0.2, 0.25) is 0 Å². The van der Waals surface area contributed by atoms with Crippen molar-refractivity contribution in [2.45, 2.75) is 39.7 Å². The summed E-state index contributed by atoms with van der Waals surface area (Å²) in [5, 5.41) is 9.87. The van der Waals surface area contributed by atoms with Gasteiger partial charge in [-0.05, 0) is 44.9 Å². The lowest BCUT2D eigenvalue weighted by molar-refractivity contribution is 0.00817. The molecule has 0 spiro atoms. The number of aliphatic hydroxyl groups is 1. The fourth-order valence-electron chi connectivity index (χ4n) is 1.38. The lowest BCUT2D eigenvalue weighted by Crippen LogP contribution is -2.31. The lowest BCUT2D eigenvalue weighted by atomic mass is 10.1. The molecule has 0 aromatic heterocycles. The molecule has 94 valence electrons. The molecule has 0 amide bonds. The number of benzene rings is 1. The molecule has 17 heavy (non-hydrogen) atoms. The van der Waals surface area contributed by atoms with E-state index in [2.05, 4.69) is 0 Å². The number of hydrogen-bond acceptors (Lipinski definition) is 3. The van der Waals surface area contributed by atoms with Gasteiger partial charge in [-0.2, -0.15) is 0 Å². The first-order valence-electron chi connectivity index (χ1n) is 5.82. The first kappa shape index (κ1) is 13.7. The summed E-state index contributed by atoms with van der Waals surface area (Å²) < 4.78 is 5.56. The molecule has 1 unspecified atom stereocenters. The van der Waals surface area contributed by atoms with E-state index >= 15 is 0 Å². The van der Waals surface area contributed by atoms with Crippen LogP contribution in [0.15, 0.2) is 18.2 Å². The van der Waals surface area contributed by atoms with Gasteiger partial charge in [0.05, 0.1) is 11.2 Å². The maximum Gasteiger partial charge on any atom is 0.163 e. The van der Waals surface area contributed by atoms with Crippen molar-refractivity contribution in [2.75, 3.05) is 6.61 Å². The zero-order valence-corrected chi connectivity index (χ0v) is 10.9. The van der Waals surface area contributed by atoms with Crippen molar-refractivity contribution >= 4 is 5.78 Å². The Kier molecular flexibility index (Phi) is 4.29. The number of aryl methyl sites for hydroxylation is 1. The highest BCUT2D eigenvalue weighted by Gasteiger charge is 2.19. The van der Waals surface area contributed by atoms with Crippen molar-refractivity contribution in [3.63, 3.8) is 0 Å². The quantitative estimate of drug-likeness (QED) is 0.800. The van der Waals surface area contributed by atoms with Gasteiger partial charge in [0.25, 0.3) is 0 Å². The third-order valence-corrected chi connectivity index (χ3v) is 2.82. The Hall–Kier alpha value is -1.35. The molecule has 1 atom stereocenters. The number of hydrogen-bond donors (Lipinski definition) is 1. The molecular weight excluding hydrogens is 216 g/mol. The molecule has 0 fully saturated rings. The standard InChI is InChI=1S/C14H20O3/c1-5-14(4,16)9-17-13-8-10(2)6-7-12(13)11(3)15/h6-8,16H,5,9H2,1-4H3. The molecule has 1 N–H and O–H groups in total. The van der Waals surface area contributed by atoms with Crippen molar-refractivity contribution in [1.29, 1.82) is 0 Å². The second kappa shape index (κ2) is 5.32. The summed E-state index contributed by atoms with van der Waals surface area (Å²) in [7, 11) is 0. The zero-order chi connectivity index (χ0) is 13.1. The van der Waals surface area contributed by atoms with Gasteiger partial charge < -0.3 is 9.84 Å². The smallest absolute Gasteiger partial charge is 0.163 e. The van der Waals surface area contributed by atoms with E-state index in [1.54, 1.807) is 13.0 Å². The summed E-state index contributed by atoms with van der Waals surface area (Å²) >= 11 is 0. The summed E-state index contributed by atoms with van der Waals surface area (Å²) in [5.74, 6) is 0.516. The fraction of sp³-hybridized carbons (Fsp3) is 0.500. The third kappa shape index (κ3) is 3.86. The van der Waals surface area contributed by atoms with Gasteiger partial charge in [-0.1, -0.05) is 13.0 Å². The molecular formula is C14H20O3. The van der Waals surface area contributed by atoms with Gasteiger partial charge >= 0.3 is 0 Å². The molecule has 3 heteroatoms. The van der Waals surface area contributed by atoms with Crippen LogP contribution in [0.1, 0.15) is 43.1 Å². The highest BCUT2D eigenvalue weighted by atomic mass is 16.5. The molecule has 0 bridgehead atoms. The van der Waals surface area contributed by atoms with Gasteiger partial charge in [-0.3, -0.25) is 4.79 Å². The maximum atomic E-state index is 11.4. The predicted octanol–water partition coefficient (Wildman–Crippen LogP) is 2.74. The number of ether oxygens (including phenoxy) is 1. The molecule has 0 aliphatic heterocycles. The Bertz CT molecular complexity index is 408. The van der Waals surface area contributed by atoms with Crippen LogP contribution in [0.5, 0.6) is 5.75 Å². The summed E-state index contributed by atoms with van der Waals surface area (Å²) in [6, 6.07) is 5.46. The monoisotopic (exact) mass is 236 g/mol. The van der Waals surface area contributed by atoms with Crippen molar-refractivity contribution in [3.05, 3.63) is 29.3 Å². The normalized spacial score (nSPS) is 14.2. The van der Waals surface area contributed by atoms with Crippen molar-refractivity contribution in [1.82, 2.24) is 0 Å². The van der Waals surface area contributed by atoms with Gasteiger partial charge in [-0.15, -0.1) is 0 Å². The second-order valence-electron chi connectivity index (χ2n) is 4.69. The summed E-state index contributed by atoms with van der Waals surface area (Å²) in [6.07, 6.45) is 0.605. The fourth-order valence-corrected chi connectivity index (χ4v) is 1.38. The van der Waals surface area contributed by atoms with E-state index in [-0.39, 0.29) is 12.4 Å². The van der Waals surface area contributed by atoms with Crippen LogP contribution in [0.3, 0.4) is 0 Å². The van der Waals surface area contributed by atoms with E-state index in [9.17, 15) is 9.90 Å². The highest BCUT2D eigenvalue weighted by molar-refractivity contribution is 5.96. The largest absolute Gasteiger partial charge is 0.490 e. The van der Waals surface area contributed by atoms with Crippen LogP contribution in [0.2, 0.25) is 0 Å². The molecule has 1 aromatic carbocycles. The number of carbonyl (C=O) groups is 1. The van der Waals surface area contributed by atoms with Crippen LogP contribution in [0, 0.1) is 6.92 Å². The minimum absolute atomic E-state index is 0.0314. The third-order valence-electron chi connectivity index (χ3n) is 2.82. The summed E-state index contributed by atoms with van der Waals surface area (Å²) in [4.78, 5) is 11.4. The second-order valence-corrected chi connectivity index (χ2v) is 4.69. The van der Waals surface area contributed by atoms with E-state index in [4.69, 9.17) is 4.74 Å². The molecule has 1 rings (SSSR count). The molecule has 0 heterocycles. The van der Waals surface area contributed by atoms with E-state index < -0.39 is 5.60 Å². The summed E-state index contributed by atoms with van der Waals surface area (Å²) in [5.41, 5.74) is 0.723. The zero-order valence-electron chi connectivity index (χ0n) is 10.9. The minimum Gasteiger partial charge on any atom is -0.490 e. The number of Topliss-reactive ketones (excluding diaryl/α,β-unsaturated/α-hetero) is 1. The van der Waals surface area contributed by atoms with Gasteiger partial charge in [0, 0.05) is 0 Å². The van der Waals surface area contributed by atoms with Crippen LogP contribution in [-0.4, -0.2) is 23.1 Å². The Balaban J connectivity index is 2.89. The van der Waals surface area contributed by atoms with Crippen LogP contribution in [0.4, 0.5) is 0 Å². The molecule has 3 nitrogen and oxygen atoms in total. The first-order valence-corrected chi connectivity index (χ1v) is 5.82. The Morgan fingerprint density at radius 1 is 1.47 bits per heavy atom. The molecule has 0 aliphatic rings. The maximum absolute atomic E-state index is 11.4. The molecule has 0 saturated heterocycles. The molecule has 0 radical (unpaired) electrons. The van der Waals surface area contributed by atoms with Gasteiger partial charge in [-0.25, -0.2) is 0 Å². The van der Waals surface area contributed by atoms with Crippen LogP contribution in [-0.2, 0) is 0 Å². The van der Waals surface area contributed by atoms with Gasteiger partial charge in [0.15, 0.2) is 5.78 Å². The van der Waals surface area contributed by atoms with Gasteiger partial charge in [0.1, 0.15) is 12.4 Å². The lowest BCUT2D eigenvalue weighted by Gasteiger charge is -2.22. The molecule has 0 saturated carbocycles. The molecule has 1 aromatic rings. The first-order chi connectivity index (χ1) is 7.85. The highest BCUT2D eigenvalue weighted by Crippen LogP contribution is 2.22. The van der Waals surface area contributed by atoms with E-state index in [0.717, 1.165) is 5.56 Å². The number of carbonyl (C=O) groups excluding carboxylic acids is 1. The number of rotatable bonds is 5. The van der Waals surface area contributed by atoms with Crippen LogP contribution >= 0.6 is 0 Å². The van der Waals surface area contributed by atoms with Crippen molar-refractivity contribution in [3.8, 4) is 5.75 Å². The topological polar surface area (TPSA) is 46.5 Å². The Morgan fingerprint density at radius 2 is 2.12 bits per heavy atom. The average molecular weight is 236 g/mol. The average Bonchev–Trinajstić information content (AvgIpc) is 2.26. The number of ketones is 1. The van der Waals surface area contributed by atoms with Crippen LogP contribution < -0.4 is 4.74 Å². The predicted molar refractivity (Wildman–Crippen MR) is 67.6 cm³/mol. The van der Waals surface area contributed by atoms with Crippen molar-refractivity contribution < 1.29 is 14.6 Å². The van der Waals surface area contributed by atoms with Crippen LogP contribution in [0.25, 0.3) is 0 Å². The molecule has 0 aliphatic carbocycles. The van der Waals surface area contributed by atoms with E-state index in [1.165, 1.54) is 6.92 Å². The van der Waals surface area contributed by atoms with E-state index in [0.29, 0.717) is 17.7 Å². The minimum atomic E-state index is -0.863. The SMILES string of the molecule is CCC(C)(O)COc1cc(C)ccc1C(C)=O.